The van der Waals surface area contributed by atoms with Gasteiger partial charge in [0.2, 0.25) is 0 Å². The molecule has 0 bridgehead atoms. The fourth-order valence-electron chi connectivity index (χ4n) is 1.52. The number of hydrogen-bond acceptors (Lipinski definition) is 3. The van der Waals surface area contributed by atoms with E-state index in [0.29, 0.717) is 5.69 Å². The first-order chi connectivity index (χ1) is 7.58. The molecule has 1 N–H and O–H groups in total. The third kappa shape index (κ3) is 2.24. The summed E-state index contributed by atoms with van der Waals surface area (Å²) < 4.78 is 1.03. The van der Waals surface area contributed by atoms with E-state index in [4.69, 9.17) is 0 Å². The number of fused-ring (bicyclic) bond motifs is 1. The minimum Gasteiger partial charge on any atom is -0.372 e. The second-order valence-corrected chi connectivity index (χ2v) is 4.83. The van der Waals surface area contributed by atoms with E-state index in [2.05, 4.69) is 20.9 Å². The molecule has 16 heavy (non-hydrogen) atoms. The Hall–Kier alpha value is -0.970. The zero-order valence-electron chi connectivity index (χ0n) is 9.18. The van der Waals surface area contributed by atoms with Gasteiger partial charge in [-0.15, -0.1) is 0 Å². The molecule has 2 aromatic rings. The molecule has 1 unspecified atom stereocenters. The first kappa shape index (κ1) is 11.5. The summed E-state index contributed by atoms with van der Waals surface area (Å²) in [4.78, 5) is 6.14. The van der Waals surface area contributed by atoms with Crippen LogP contribution in [0, 0.1) is 0 Å². The van der Waals surface area contributed by atoms with E-state index in [1.54, 1.807) is 4.90 Å². The fraction of sp³-hybridized carbons (Fsp3) is 0.250. The minimum absolute atomic E-state index is 0.659. The van der Waals surface area contributed by atoms with Crippen LogP contribution in [-0.2, 0) is 0 Å². The Balaban J connectivity index is 2.48. The highest BCUT2D eigenvalue weighted by Crippen LogP contribution is 2.21. The van der Waals surface area contributed by atoms with Crippen molar-refractivity contribution >= 4 is 26.8 Å². The van der Waals surface area contributed by atoms with Crippen molar-refractivity contribution in [3.8, 4) is 0 Å². The van der Waals surface area contributed by atoms with Gasteiger partial charge in [-0.2, -0.15) is 0 Å². The fourth-order valence-corrected chi connectivity index (χ4v) is 1.90. The van der Waals surface area contributed by atoms with Gasteiger partial charge < -0.3 is 5.11 Å². The predicted octanol–water partition coefficient (Wildman–Crippen LogP) is 2.55. The SMILES string of the molecule is CN(C)C(O)c1ccc2cc(Br)ccc2n1. The molecule has 0 aliphatic carbocycles. The largest absolute Gasteiger partial charge is 0.372 e. The quantitative estimate of drug-likeness (QED) is 0.859. The van der Waals surface area contributed by atoms with Crippen LogP contribution in [0.5, 0.6) is 0 Å². The lowest BCUT2D eigenvalue weighted by molar-refractivity contribution is 0.0361. The van der Waals surface area contributed by atoms with Gasteiger partial charge in [0.1, 0.15) is 6.23 Å². The van der Waals surface area contributed by atoms with Crippen molar-refractivity contribution in [2.24, 2.45) is 0 Å². The van der Waals surface area contributed by atoms with Crippen molar-refractivity contribution in [3.63, 3.8) is 0 Å². The zero-order valence-corrected chi connectivity index (χ0v) is 10.8. The lowest BCUT2D eigenvalue weighted by atomic mass is 10.2. The Morgan fingerprint density at radius 2 is 2.00 bits per heavy atom. The van der Waals surface area contributed by atoms with Crippen LogP contribution in [-0.4, -0.2) is 29.1 Å². The number of aromatic nitrogens is 1. The molecule has 1 atom stereocenters. The van der Waals surface area contributed by atoms with E-state index >= 15 is 0 Å². The van der Waals surface area contributed by atoms with Crippen molar-refractivity contribution in [2.45, 2.75) is 6.23 Å². The molecule has 0 saturated carbocycles. The molecule has 3 nitrogen and oxygen atoms in total. The molecule has 84 valence electrons. The van der Waals surface area contributed by atoms with Gasteiger partial charge in [-0.25, -0.2) is 4.98 Å². The first-order valence-electron chi connectivity index (χ1n) is 4.98. The number of benzene rings is 1. The lowest BCUT2D eigenvalue weighted by Gasteiger charge is -2.17. The lowest BCUT2D eigenvalue weighted by Crippen LogP contribution is -2.20. The van der Waals surface area contributed by atoms with Crippen molar-refractivity contribution in [2.75, 3.05) is 14.1 Å². The van der Waals surface area contributed by atoms with Gasteiger partial charge in [0.05, 0.1) is 11.2 Å². The molecule has 1 heterocycles. The molecule has 0 aliphatic rings. The Morgan fingerprint density at radius 1 is 1.25 bits per heavy atom. The number of aliphatic hydroxyl groups excluding tert-OH is 1. The number of nitrogens with zero attached hydrogens (tertiary/aromatic N) is 2. The molecular formula is C12H13BrN2O. The molecular weight excluding hydrogens is 268 g/mol. The van der Waals surface area contributed by atoms with Gasteiger partial charge in [0.15, 0.2) is 0 Å². The maximum absolute atomic E-state index is 9.87. The van der Waals surface area contributed by atoms with Gasteiger partial charge in [-0.05, 0) is 38.4 Å². The molecule has 0 saturated heterocycles. The maximum atomic E-state index is 9.87. The molecule has 0 spiro atoms. The van der Waals surface area contributed by atoms with Crippen molar-refractivity contribution in [1.29, 1.82) is 0 Å². The summed E-state index contributed by atoms with van der Waals surface area (Å²) in [6.45, 7) is 0. The number of aliphatic hydroxyl groups is 1. The van der Waals surface area contributed by atoms with E-state index in [1.807, 2.05) is 44.4 Å². The zero-order chi connectivity index (χ0) is 11.7. The van der Waals surface area contributed by atoms with Crippen molar-refractivity contribution in [3.05, 3.63) is 40.5 Å². The summed E-state index contributed by atoms with van der Waals surface area (Å²) in [5.41, 5.74) is 1.56. The normalized spacial score (nSPS) is 13.3. The van der Waals surface area contributed by atoms with E-state index in [0.717, 1.165) is 15.4 Å². The van der Waals surface area contributed by atoms with Crippen LogP contribution in [0.1, 0.15) is 11.9 Å². The third-order valence-corrected chi connectivity index (χ3v) is 2.92. The Kier molecular flexibility index (Phi) is 3.23. The second-order valence-electron chi connectivity index (χ2n) is 3.91. The van der Waals surface area contributed by atoms with Crippen LogP contribution < -0.4 is 0 Å². The summed E-state index contributed by atoms with van der Waals surface area (Å²) in [6.07, 6.45) is -0.659. The van der Waals surface area contributed by atoms with Crippen LogP contribution >= 0.6 is 15.9 Å². The first-order valence-corrected chi connectivity index (χ1v) is 5.78. The van der Waals surface area contributed by atoms with Gasteiger partial charge in [-0.1, -0.05) is 22.0 Å². The van der Waals surface area contributed by atoms with Gasteiger partial charge in [-0.3, -0.25) is 4.90 Å². The molecule has 1 aromatic heterocycles. The Labute approximate surface area is 103 Å². The molecule has 0 fully saturated rings. The molecule has 1 aromatic carbocycles. The Bertz CT molecular complexity index is 513. The molecule has 4 heteroatoms. The van der Waals surface area contributed by atoms with Gasteiger partial charge in [0, 0.05) is 9.86 Å². The summed E-state index contributed by atoms with van der Waals surface area (Å²) in [5.74, 6) is 0. The van der Waals surface area contributed by atoms with Gasteiger partial charge >= 0.3 is 0 Å². The smallest absolute Gasteiger partial charge is 0.150 e. The standard InChI is InChI=1S/C12H13BrN2O/c1-15(2)12(16)11-5-3-8-7-9(13)4-6-10(8)14-11/h3-7,12,16H,1-2H3. The summed E-state index contributed by atoms with van der Waals surface area (Å²) in [6, 6.07) is 9.70. The highest BCUT2D eigenvalue weighted by atomic mass is 79.9. The molecule has 0 radical (unpaired) electrons. The van der Waals surface area contributed by atoms with Gasteiger partial charge in [0.25, 0.3) is 0 Å². The van der Waals surface area contributed by atoms with Crippen molar-refractivity contribution < 1.29 is 5.11 Å². The van der Waals surface area contributed by atoms with E-state index in [1.165, 1.54) is 0 Å². The highest BCUT2D eigenvalue weighted by molar-refractivity contribution is 9.10. The van der Waals surface area contributed by atoms with Crippen LogP contribution in [0.15, 0.2) is 34.8 Å². The summed E-state index contributed by atoms with van der Waals surface area (Å²) in [7, 11) is 3.64. The summed E-state index contributed by atoms with van der Waals surface area (Å²) >= 11 is 3.42. The number of hydrogen-bond donors (Lipinski definition) is 1. The average molecular weight is 281 g/mol. The molecule has 2 rings (SSSR count). The monoisotopic (exact) mass is 280 g/mol. The third-order valence-electron chi connectivity index (χ3n) is 2.43. The summed E-state index contributed by atoms with van der Waals surface area (Å²) in [5, 5.41) is 10.9. The van der Waals surface area contributed by atoms with Crippen LogP contribution in [0.2, 0.25) is 0 Å². The average Bonchev–Trinajstić information content (AvgIpc) is 2.27. The molecule has 0 aliphatic heterocycles. The van der Waals surface area contributed by atoms with Crippen LogP contribution in [0.25, 0.3) is 10.9 Å². The van der Waals surface area contributed by atoms with E-state index in [9.17, 15) is 5.11 Å². The van der Waals surface area contributed by atoms with Crippen LogP contribution in [0.4, 0.5) is 0 Å². The van der Waals surface area contributed by atoms with Crippen LogP contribution in [0.3, 0.4) is 0 Å². The minimum atomic E-state index is -0.659. The Morgan fingerprint density at radius 3 is 2.69 bits per heavy atom. The predicted molar refractivity (Wildman–Crippen MR) is 68.1 cm³/mol. The van der Waals surface area contributed by atoms with Crippen molar-refractivity contribution in [1.82, 2.24) is 9.88 Å². The highest BCUT2D eigenvalue weighted by Gasteiger charge is 2.11. The number of pyridine rings is 1. The topological polar surface area (TPSA) is 36.4 Å². The van der Waals surface area contributed by atoms with E-state index < -0.39 is 6.23 Å². The second kappa shape index (κ2) is 4.49. The maximum Gasteiger partial charge on any atom is 0.150 e. The number of rotatable bonds is 2. The molecule has 0 amide bonds. The number of halogens is 1. The van der Waals surface area contributed by atoms with E-state index in [-0.39, 0.29) is 0 Å².